The summed E-state index contributed by atoms with van der Waals surface area (Å²) in [6, 6.07) is 7.23. The molecule has 0 amide bonds. The zero-order valence-corrected chi connectivity index (χ0v) is 12.2. The SMILES string of the molecule is CC(C)NCc1ccccc1S(=O)(=O)Nc1cn[nH]c1. The van der Waals surface area contributed by atoms with Crippen molar-refractivity contribution in [1.29, 1.82) is 0 Å². The van der Waals surface area contributed by atoms with E-state index in [2.05, 4.69) is 20.2 Å². The summed E-state index contributed by atoms with van der Waals surface area (Å²) >= 11 is 0. The van der Waals surface area contributed by atoms with E-state index in [0.717, 1.165) is 5.56 Å². The molecule has 0 radical (unpaired) electrons. The predicted molar refractivity (Wildman–Crippen MR) is 77.8 cm³/mol. The summed E-state index contributed by atoms with van der Waals surface area (Å²) in [7, 11) is -3.61. The quantitative estimate of drug-likeness (QED) is 0.757. The Morgan fingerprint density at radius 2 is 2.05 bits per heavy atom. The van der Waals surface area contributed by atoms with Crippen molar-refractivity contribution in [3.05, 3.63) is 42.2 Å². The van der Waals surface area contributed by atoms with Crippen LogP contribution < -0.4 is 10.0 Å². The van der Waals surface area contributed by atoms with Gasteiger partial charge in [-0.3, -0.25) is 9.82 Å². The molecule has 3 N–H and O–H groups in total. The van der Waals surface area contributed by atoms with Crippen LogP contribution in [0.4, 0.5) is 5.69 Å². The summed E-state index contributed by atoms with van der Waals surface area (Å²) in [6.07, 6.45) is 2.92. The lowest BCUT2D eigenvalue weighted by Crippen LogP contribution is -2.24. The minimum absolute atomic E-state index is 0.273. The van der Waals surface area contributed by atoms with Crippen molar-refractivity contribution >= 4 is 15.7 Å². The fraction of sp³-hybridized carbons (Fsp3) is 0.308. The molecule has 20 heavy (non-hydrogen) atoms. The standard InChI is InChI=1S/C13H18N4O2S/c1-10(2)14-7-11-5-3-4-6-13(11)20(18,19)17-12-8-15-16-9-12/h3-6,8-10,14,17H,7H2,1-2H3,(H,15,16). The first-order chi connectivity index (χ1) is 9.49. The van der Waals surface area contributed by atoms with Gasteiger partial charge in [0.1, 0.15) is 0 Å². The number of rotatable bonds is 6. The Bertz CT molecular complexity index is 651. The first kappa shape index (κ1) is 14.5. The van der Waals surface area contributed by atoms with E-state index in [9.17, 15) is 8.42 Å². The summed E-state index contributed by atoms with van der Waals surface area (Å²) in [5.74, 6) is 0. The molecule has 2 aromatic rings. The second-order valence-corrected chi connectivity index (χ2v) is 6.39. The highest BCUT2D eigenvalue weighted by Gasteiger charge is 2.18. The van der Waals surface area contributed by atoms with Crippen LogP contribution in [-0.2, 0) is 16.6 Å². The van der Waals surface area contributed by atoms with E-state index in [1.54, 1.807) is 18.2 Å². The number of aromatic amines is 1. The van der Waals surface area contributed by atoms with E-state index in [4.69, 9.17) is 0 Å². The number of anilines is 1. The lowest BCUT2D eigenvalue weighted by atomic mass is 10.2. The second kappa shape index (κ2) is 6.06. The normalized spacial score (nSPS) is 11.8. The average Bonchev–Trinajstić information content (AvgIpc) is 2.88. The predicted octanol–water partition coefficient (Wildman–Crippen LogP) is 1.71. The fourth-order valence-electron chi connectivity index (χ4n) is 1.74. The van der Waals surface area contributed by atoms with Gasteiger partial charge in [0, 0.05) is 18.8 Å². The van der Waals surface area contributed by atoms with Crippen molar-refractivity contribution in [2.24, 2.45) is 0 Å². The number of hydrogen-bond donors (Lipinski definition) is 3. The Morgan fingerprint density at radius 1 is 1.30 bits per heavy atom. The summed E-state index contributed by atoms with van der Waals surface area (Å²) < 4.78 is 27.3. The zero-order valence-electron chi connectivity index (χ0n) is 11.4. The van der Waals surface area contributed by atoms with E-state index < -0.39 is 10.0 Å². The minimum Gasteiger partial charge on any atom is -0.310 e. The van der Waals surface area contributed by atoms with Crippen LogP contribution in [0.1, 0.15) is 19.4 Å². The number of nitrogens with one attached hydrogen (secondary N) is 3. The molecule has 0 unspecified atom stereocenters. The highest BCUT2D eigenvalue weighted by Crippen LogP contribution is 2.19. The van der Waals surface area contributed by atoms with Gasteiger partial charge in [-0.15, -0.1) is 0 Å². The molecule has 0 aliphatic carbocycles. The molecular formula is C13H18N4O2S. The van der Waals surface area contributed by atoms with Gasteiger partial charge in [-0.1, -0.05) is 32.0 Å². The van der Waals surface area contributed by atoms with Crippen molar-refractivity contribution in [1.82, 2.24) is 15.5 Å². The Hall–Kier alpha value is -1.86. The van der Waals surface area contributed by atoms with Crippen LogP contribution in [0, 0.1) is 0 Å². The molecule has 1 heterocycles. The molecule has 1 aromatic heterocycles. The molecule has 0 saturated carbocycles. The molecule has 108 valence electrons. The van der Waals surface area contributed by atoms with Gasteiger partial charge in [0.25, 0.3) is 10.0 Å². The molecule has 0 saturated heterocycles. The Kier molecular flexibility index (Phi) is 4.41. The van der Waals surface area contributed by atoms with E-state index in [1.165, 1.54) is 12.4 Å². The van der Waals surface area contributed by atoms with E-state index in [0.29, 0.717) is 12.2 Å². The van der Waals surface area contributed by atoms with Crippen LogP contribution in [-0.4, -0.2) is 24.7 Å². The van der Waals surface area contributed by atoms with Gasteiger partial charge in [-0.05, 0) is 11.6 Å². The lowest BCUT2D eigenvalue weighted by molar-refractivity contribution is 0.576. The molecule has 0 aliphatic heterocycles. The lowest BCUT2D eigenvalue weighted by Gasteiger charge is -2.13. The maximum Gasteiger partial charge on any atom is 0.262 e. The number of H-pyrrole nitrogens is 1. The smallest absolute Gasteiger partial charge is 0.262 e. The summed E-state index contributed by atoms with van der Waals surface area (Å²) in [4.78, 5) is 0.273. The van der Waals surface area contributed by atoms with Gasteiger partial charge in [0.05, 0.1) is 16.8 Å². The van der Waals surface area contributed by atoms with Crippen LogP contribution in [0.3, 0.4) is 0 Å². The third kappa shape index (κ3) is 3.58. The first-order valence-electron chi connectivity index (χ1n) is 6.32. The molecule has 6 nitrogen and oxygen atoms in total. The number of aromatic nitrogens is 2. The van der Waals surface area contributed by atoms with Crippen LogP contribution in [0.5, 0.6) is 0 Å². The second-order valence-electron chi connectivity index (χ2n) is 4.74. The summed E-state index contributed by atoms with van der Waals surface area (Å²) in [6.45, 7) is 4.53. The molecule has 7 heteroatoms. The molecule has 0 bridgehead atoms. The molecule has 0 spiro atoms. The molecule has 1 aromatic carbocycles. The first-order valence-corrected chi connectivity index (χ1v) is 7.80. The van der Waals surface area contributed by atoms with Crippen molar-refractivity contribution in [3.63, 3.8) is 0 Å². The Labute approximate surface area is 118 Å². The monoisotopic (exact) mass is 294 g/mol. The molecule has 0 aliphatic rings. The topological polar surface area (TPSA) is 86.9 Å². The van der Waals surface area contributed by atoms with Gasteiger partial charge in [-0.25, -0.2) is 8.42 Å². The van der Waals surface area contributed by atoms with Gasteiger partial charge < -0.3 is 5.32 Å². The molecule has 0 fully saturated rings. The average molecular weight is 294 g/mol. The third-order valence-corrected chi connectivity index (χ3v) is 4.20. The third-order valence-electron chi connectivity index (χ3n) is 2.71. The highest BCUT2D eigenvalue weighted by atomic mass is 32.2. The number of hydrogen-bond acceptors (Lipinski definition) is 4. The van der Waals surface area contributed by atoms with Gasteiger partial charge >= 0.3 is 0 Å². The van der Waals surface area contributed by atoms with Crippen molar-refractivity contribution < 1.29 is 8.42 Å². The largest absolute Gasteiger partial charge is 0.310 e. The molecular weight excluding hydrogens is 276 g/mol. The summed E-state index contributed by atoms with van der Waals surface area (Å²) in [5, 5.41) is 9.51. The maximum atomic E-state index is 12.4. The van der Waals surface area contributed by atoms with E-state index in [1.807, 2.05) is 19.9 Å². The van der Waals surface area contributed by atoms with Crippen molar-refractivity contribution in [2.45, 2.75) is 31.3 Å². The van der Waals surface area contributed by atoms with Crippen LogP contribution in [0.2, 0.25) is 0 Å². The Balaban J connectivity index is 2.26. The zero-order chi connectivity index (χ0) is 14.6. The number of benzene rings is 1. The molecule has 2 rings (SSSR count). The van der Waals surface area contributed by atoms with Crippen molar-refractivity contribution in [3.8, 4) is 0 Å². The van der Waals surface area contributed by atoms with Crippen LogP contribution in [0.15, 0.2) is 41.6 Å². The molecule has 0 atom stereocenters. The number of sulfonamides is 1. The van der Waals surface area contributed by atoms with E-state index >= 15 is 0 Å². The maximum absolute atomic E-state index is 12.4. The van der Waals surface area contributed by atoms with Gasteiger partial charge in [0.15, 0.2) is 0 Å². The minimum atomic E-state index is -3.61. The highest BCUT2D eigenvalue weighted by molar-refractivity contribution is 7.92. The van der Waals surface area contributed by atoms with Crippen LogP contribution >= 0.6 is 0 Å². The Morgan fingerprint density at radius 3 is 2.70 bits per heavy atom. The number of nitrogens with zero attached hydrogens (tertiary/aromatic N) is 1. The fourth-order valence-corrected chi connectivity index (χ4v) is 3.02. The van der Waals surface area contributed by atoms with Crippen molar-refractivity contribution in [2.75, 3.05) is 4.72 Å². The van der Waals surface area contributed by atoms with Gasteiger partial charge in [0.2, 0.25) is 0 Å². The van der Waals surface area contributed by atoms with E-state index in [-0.39, 0.29) is 10.9 Å². The van der Waals surface area contributed by atoms with Crippen LogP contribution in [0.25, 0.3) is 0 Å². The van der Waals surface area contributed by atoms with Gasteiger partial charge in [-0.2, -0.15) is 5.10 Å². The summed E-state index contributed by atoms with van der Waals surface area (Å²) in [5.41, 5.74) is 1.15.